The summed E-state index contributed by atoms with van der Waals surface area (Å²) >= 11 is 0. The number of rotatable bonds is 2. The number of hydrogen-bond acceptors (Lipinski definition) is 2. The van der Waals surface area contributed by atoms with E-state index in [-0.39, 0.29) is 0 Å². The van der Waals surface area contributed by atoms with E-state index in [0.717, 1.165) is 5.75 Å². The zero-order valence-electron chi connectivity index (χ0n) is 7.34. The van der Waals surface area contributed by atoms with Crippen LogP contribution in [0.1, 0.15) is 0 Å². The molecule has 0 aliphatic rings. The standard InChI is InChI=1S/C10H10N2O/c1-12-7-10(11-8-12)13-9-5-3-2-4-6-9/h2-8H,1H3. The number of hydrogen-bond donors (Lipinski definition) is 0. The Balaban J connectivity index is 2.15. The summed E-state index contributed by atoms with van der Waals surface area (Å²) in [6.45, 7) is 0. The molecule has 1 aromatic heterocycles. The molecule has 0 radical (unpaired) electrons. The topological polar surface area (TPSA) is 27.1 Å². The maximum atomic E-state index is 5.47. The first-order chi connectivity index (χ1) is 6.34. The highest BCUT2D eigenvalue weighted by Crippen LogP contribution is 2.17. The van der Waals surface area contributed by atoms with E-state index in [1.807, 2.05) is 48.1 Å². The molecule has 0 bridgehead atoms. The smallest absolute Gasteiger partial charge is 0.237 e. The van der Waals surface area contributed by atoms with E-state index in [9.17, 15) is 0 Å². The lowest BCUT2D eigenvalue weighted by atomic mass is 10.3. The minimum absolute atomic E-state index is 0.619. The predicted octanol–water partition coefficient (Wildman–Crippen LogP) is 2.21. The Labute approximate surface area is 76.6 Å². The maximum Gasteiger partial charge on any atom is 0.237 e. The molecule has 2 rings (SSSR count). The second-order valence-electron chi connectivity index (χ2n) is 2.79. The van der Waals surface area contributed by atoms with Crippen molar-refractivity contribution in [3.63, 3.8) is 0 Å². The van der Waals surface area contributed by atoms with E-state index in [4.69, 9.17) is 4.74 Å². The van der Waals surface area contributed by atoms with Gasteiger partial charge in [-0.3, -0.25) is 0 Å². The molecule has 0 N–H and O–H groups in total. The molecule has 0 spiro atoms. The van der Waals surface area contributed by atoms with Gasteiger partial charge < -0.3 is 9.30 Å². The largest absolute Gasteiger partial charge is 0.438 e. The molecule has 1 heterocycles. The van der Waals surface area contributed by atoms with Crippen molar-refractivity contribution < 1.29 is 4.74 Å². The fourth-order valence-electron chi connectivity index (χ4n) is 1.05. The molecule has 2 aromatic rings. The maximum absolute atomic E-state index is 5.47. The molecule has 0 atom stereocenters. The summed E-state index contributed by atoms with van der Waals surface area (Å²) in [4.78, 5) is 4.05. The Morgan fingerprint density at radius 3 is 2.62 bits per heavy atom. The molecule has 0 saturated heterocycles. The van der Waals surface area contributed by atoms with E-state index in [1.165, 1.54) is 0 Å². The molecule has 0 aliphatic carbocycles. The summed E-state index contributed by atoms with van der Waals surface area (Å²) in [6, 6.07) is 9.60. The number of imidazole rings is 1. The highest BCUT2D eigenvalue weighted by Gasteiger charge is 1.97. The van der Waals surface area contributed by atoms with Gasteiger partial charge in [0.2, 0.25) is 5.88 Å². The molecule has 0 saturated carbocycles. The van der Waals surface area contributed by atoms with Crippen LogP contribution in [-0.2, 0) is 7.05 Å². The first-order valence-electron chi connectivity index (χ1n) is 4.05. The molecule has 3 nitrogen and oxygen atoms in total. The first-order valence-corrected chi connectivity index (χ1v) is 4.05. The summed E-state index contributed by atoms with van der Waals surface area (Å²) in [5.74, 6) is 1.43. The molecule has 66 valence electrons. The third kappa shape index (κ3) is 1.87. The number of benzene rings is 1. The van der Waals surface area contributed by atoms with Crippen LogP contribution in [0, 0.1) is 0 Å². The van der Waals surface area contributed by atoms with Gasteiger partial charge in [-0.1, -0.05) is 18.2 Å². The van der Waals surface area contributed by atoms with Crippen molar-refractivity contribution >= 4 is 0 Å². The summed E-state index contributed by atoms with van der Waals surface area (Å²) in [6.07, 6.45) is 3.53. The van der Waals surface area contributed by atoms with Crippen molar-refractivity contribution in [3.05, 3.63) is 42.9 Å². The lowest BCUT2D eigenvalue weighted by Gasteiger charge is -1.99. The molecule has 3 heteroatoms. The van der Waals surface area contributed by atoms with Crippen molar-refractivity contribution in [3.8, 4) is 11.6 Å². The van der Waals surface area contributed by atoms with Crippen LogP contribution in [0.2, 0.25) is 0 Å². The lowest BCUT2D eigenvalue weighted by molar-refractivity contribution is 0.465. The van der Waals surface area contributed by atoms with Gasteiger partial charge in [-0.15, -0.1) is 0 Å². The quantitative estimate of drug-likeness (QED) is 0.698. The lowest BCUT2D eigenvalue weighted by Crippen LogP contribution is -1.82. The van der Waals surface area contributed by atoms with Gasteiger partial charge >= 0.3 is 0 Å². The van der Waals surface area contributed by atoms with Crippen molar-refractivity contribution in [1.82, 2.24) is 9.55 Å². The molecular formula is C10H10N2O. The van der Waals surface area contributed by atoms with E-state index >= 15 is 0 Å². The minimum atomic E-state index is 0.619. The summed E-state index contributed by atoms with van der Waals surface area (Å²) in [5, 5.41) is 0. The normalized spacial score (nSPS) is 9.92. The number of para-hydroxylation sites is 1. The van der Waals surface area contributed by atoms with E-state index in [1.54, 1.807) is 6.33 Å². The van der Waals surface area contributed by atoms with Gasteiger partial charge in [-0.2, -0.15) is 0 Å². The van der Waals surface area contributed by atoms with Crippen molar-refractivity contribution in [2.45, 2.75) is 0 Å². The van der Waals surface area contributed by atoms with Crippen LogP contribution < -0.4 is 4.74 Å². The highest BCUT2D eigenvalue weighted by molar-refractivity contribution is 5.25. The van der Waals surface area contributed by atoms with Gasteiger partial charge in [0.25, 0.3) is 0 Å². The molecular weight excluding hydrogens is 164 g/mol. The predicted molar refractivity (Wildman–Crippen MR) is 49.7 cm³/mol. The van der Waals surface area contributed by atoms with Gasteiger partial charge in [0, 0.05) is 7.05 Å². The third-order valence-electron chi connectivity index (χ3n) is 1.65. The average molecular weight is 174 g/mol. The fraction of sp³-hybridized carbons (Fsp3) is 0.100. The Bertz CT molecular complexity index is 381. The number of aromatic nitrogens is 2. The average Bonchev–Trinajstić information content (AvgIpc) is 2.53. The van der Waals surface area contributed by atoms with E-state index in [2.05, 4.69) is 4.98 Å². The Morgan fingerprint density at radius 1 is 1.23 bits per heavy atom. The van der Waals surface area contributed by atoms with Gasteiger partial charge in [-0.05, 0) is 12.1 Å². The van der Waals surface area contributed by atoms with Gasteiger partial charge in [-0.25, -0.2) is 4.98 Å². The Hall–Kier alpha value is -1.77. The molecule has 13 heavy (non-hydrogen) atoms. The first kappa shape index (κ1) is 7.86. The van der Waals surface area contributed by atoms with Crippen LogP contribution in [0.15, 0.2) is 42.9 Å². The second kappa shape index (κ2) is 3.31. The summed E-state index contributed by atoms with van der Waals surface area (Å²) < 4.78 is 7.31. The fourth-order valence-corrected chi connectivity index (χ4v) is 1.05. The van der Waals surface area contributed by atoms with Crippen LogP contribution in [0.4, 0.5) is 0 Å². The molecule has 0 aliphatic heterocycles. The van der Waals surface area contributed by atoms with Crippen LogP contribution in [-0.4, -0.2) is 9.55 Å². The monoisotopic (exact) mass is 174 g/mol. The van der Waals surface area contributed by atoms with Crippen LogP contribution in [0.5, 0.6) is 11.6 Å². The molecule has 0 unspecified atom stereocenters. The summed E-state index contributed by atoms with van der Waals surface area (Å²) in [7, 11) is 1.91. The minimum Gasteiger partial charge on any atom is -0.438 e. The van der Waals surface area contributed by atoms with Crippen LogP contribution >= 0.6 is 0 Å². The number of ether oxygens (including phenoxy) is 1. The van der Waals surface area contributed by atoms with Gasteiger partial charge in [0.15, 0.2) is 0 Å². The molecule has 1 aromatic carbocycles. The highest BCUT2D eigenvalue weighted by atomic mass is 16.5. The molecule has 0 amide bonds. The van der Waals surface area contributed by atoms with E-state index in [0.29, 0.717) is 5.88 Å². The summed E-state index contributed by atoms with van der Waals surface area (Å²) in [5.41, 5.74) is 0. The number of nitrogens with zero attached hydrogens (tertiary/aromatic N) is 2. The van der Waals surface area contributed by atoms with E-state index < -0.39 is 0 Å². The second-order valence-corrected chi connectivity index (χ2v) is 2.79. The van der Waals surface area contributed by atoms with Crippen molar-refractivity contribution in [2.75, 3.05) is 0 Å². The number of aryl methyl sites for hydroxylation is 1. The zero-order chi connectivity index (χ0) is 9.10. The third-order valence-corrected chi connectivity index (χ3v) is 1.65. The van der Waals surface area contributed by atoms with Crippen LogP contribution in [0.25, 0.3) is 0 Å². The van der Waals surface area contributed by atoms with Gasteiger partial charge in [0.1, 0.15) is 5.75 Å². The Morgan fingerprint density at radius 2 is 2.00 bits per heavy atom. The van der Waals surface area contributed by atoms with Crippen LogP contribution in [0.3, 0.4) is 0 Å². The zero-order valence-corrected chi connectivity index (χ0v) is 7.34. The Kier molecular flexibility index (Phi) is 2.00. The van der Waals surface area contributed by atoms with Gasteiger partial charge in [0.05, 0.1) is 12.5 Å². The molecule has 0 fully saturated rings. The van der Waals surface area contributed by atoms with Crippen molar-refractivity contribution in [1.29, 1.82) is 0 Å². The SMILES string of the molecule is Cn1cnc(Oc2ccccc2)c1. The van der Waals surface area contributed by atoms with Crippen molar-refractivity contribution in [2.24, 2.45) is 7.05 Å².